The zero-order valence-electron chi connectivity index (χ0n) is 12.9. The van der Waals surface area contributed by atoms with Crippen molar-refractivity contribution >= 4 is 45.1 Å². The van der Waals surface area contributed by atoms with Crippen LogP contribution in [0.3, 0.4) is 0 Å². The van der Waals surface area contributed by atoms with Crippen LogP contribution in [-0.2, 0) is 4.79 Å². The van der Waals surface area contributed by atoms with E-state index in [1.54, 1.807) is 4.90 Å². The van der Waals surface area contributed by atoms with Crippen LogP contribution in [0.1, 0.15) is 12.6 Å². The lowest BCUT2D eigenvalue weighted by atomic mass is 10.2. The van der Waals surface area contributed by atoms with Gasteiger partial charge in [-0.05, 0) is 44.4 Å². The van der Waals surface area contributed by atoms with Gasteiger partial charge < -0.3 is 4.90 Å². The second-order valence-electron chi connectivity index (χ2n) is 5.25. The summed E-state index contributed by atoms with van der Waals surface area (Å²) in [6.07, 6.45) is 0. The molecule has 0 unspecified atom stereocenters. The first-order valence-electron chi connectivity index (χ1n) is 7.17. The zero-order valence-corrected chi connectivity index (χ0v) is 15.3. The molecule has 2 N–H and O–H groups in total. The van der Waals surface area contributed by atoms with Gasteiger partial charge in [-0.1, -0.05) is 11.8 Å². The average Bonchev–Trinajstić information content (AvgIpc) is 2.99. The lowest BCUT2D eigenvalue weighted by molar-refractivity contribution is -0.131. The SMILES string of the molecule is CC(=O)N1CC(Sc2nonc2C(=Nc2ccc(F)c(Br)c2)NO)C1. The van der Waals surface area contributed by atoms with Gasteiger partial charge in [0.1, 0.15) is 5.82 Å². The number of amidine groups is 1. The number of nitrogens with one attached hydrogen (secondary N) is 1. The Morgan fingerprint density at radius 3 is 2.92 bits per heavy atom. The summed E-state index contributed by atoms with van der Waals surface area (Å²) in [5.41, 5.74) is 2.59. The molecule has 2 heterocycles. The molecule has 0 atom stereocenters. The molecule has 25 heavy (non-hydrogen) atoms. The van der Waals surface area contributed by atoms with Crippen LogP contribution in [0.4, 0.5) is 10.1 Å². The van der Waals surface area contributed by atoms with Crippen molar-refractivity contribution in [2.45, 2.75) is 17.2 Å². The molecule has 1 fully saturated rings. The summed E-state index contributed by atoms with van der Waals surface area (Å²) >= 11 is 4.46. The third-order valence-corrected chi connectivity index (χ3v) is 5.23. The minimum Gasteiger partial charge on any atom is -0.341 e. The van der Waals surface area contributed by atoms with Crippen LogP contribution in [-0.4, -0.2) is 50.5 Å². The largest absolute Gasteiger partial charge is 0.341 e. The highest BCUT2D eigenvalue weighted by atomic mass is 79.9. The number of aliphatic imine (C=N–C) groups is 1. The van der Waals surface area contributed by atoms with Crippen molar-refractivity contribution in [3.8, 4) is 0 Å². The summed E-state index contributed by atoms with van der Waals surface area (Å²) in [6.45, 7) is 2.73. The number of aromatic nitrogens is 2. The zero-order chi connectivity index (χ0) is 18.0. The van der Waals surface area contributed by atoms with E-state index >= 15 is 0 Å². The molecule has 1 aromatic carbocycles. The standard InChI is InChI=1S/C14H13BrFN5O3S/c1-7(22)21-5-9(6-21)25-14-12(19-24-20-14)13(18-23)17-8-2-3-11(16)10(15)4-8/h2-4,9,23H,5-6H2,1H3,(H,17,18). The van der Waals surface area contributed by atoms with Crippen molar-refractivity contribution in [3.63, 3.8) is 0 Å². The van der Waals surface area contributed by atoms with Crippen LogP contribution >= 0.6 is 27.7 Å². The number of rotatable bonds is 4. The fourth-order valence-corrected chi connectivity index (χ4v) is 3.66. The molecule has 1 aliphatic rings. The van der Waals surface area contributed by atoms with Gasteiger partial charge in [0.05, 0.1) is 10.2 Å². The Hall–Kier alpha value is -1.98. The predicted molar refractivity (Wildman–Crippen MR) is 91.4 cm³/mol. The van der Waals surface area contributed by atoms with Gasteiger partial charge in [-0.15, -0.1) is 0 Å². The normalized spacial score (nSPS) is 15.2. The maximum Gasteiger partial charge on any atom is 0.219 e. The molecule has 0 spiro atoms. The molecule has 3 rings (SSSR count). The monoisotopic (exact) mass is 429 g/mol. The first-order chi connectivity index (χ1) is 12.0. The molecular weight excluding hydrogens is 417 g/mol. The Morgan fingerprint density at radius 2 is 2.28 bits per heavy atom. The van der Waals surface area contributed by atoms with Gasteiger partial charge in [0.25, 0.3) is 0 Å². The molecule has 0 radical (unpaired) electrons. The average molecular weight is 430 g/mol. The van der Waals surface area contributed by atoms with Crippen LogP contribution in [0.2, 0.25) is 0 Å². The van der Waals surface area contributed by atoms with Crippen LogP contribution in [0.25, 0.3) is 0 Å². The summed E-state index contributed by atoms with van der Waals surface area (Å²) in [5.74, 6) is -0.377. The smallest absolute Gasteiger partial charge is 0.219 e. The highest BCUT2D eigenvalue weighted by Gasteiger charge is 2.32. The van der Waals surface area contributed by atoms with Crippen LogP contribution in [0.5, 0.6) is 0 Å². The van der Waals surface area contributed by atoms with Crippen LogP contribution < -0.4 is 5.48 Å². The number of hydrogen-bond donors (Lipinski definition) is 2. The van der Waals surface area contributed by atoms with Crippen molar-refractivity contribution in [2.24, 2.45) is 4.99 Å². The van der Waals surface area contributed by atoms with Gasteiger partial charge in [-0.2, -0.15) is 0 Å². The predicted octanol–water partition coefficient (Wildman–Crippen LogP) is 2.35. The topological polar surface area (TPSA) is 104 Å². The maximum atomic E-state index is 13.3. The number of hydroxylamine groups is 1. The number of thioether (sulfide) groups is 1. The van der Waals surface area contributed by atoms with Crippen molar-refractivity contribution in [3.05, 3.63) is 34.2 Å². The van der Waals surface area contributed by atoms with Gasteiger partial charge in [0.15, 0.2) is 16.6 Å². The van der Waals surface area contributed by atoms with E-state index in [2.05, 4.69) is 31.2 Å². The number of likely N-dealkylation sites (tertiary alicyclic amines) is 1. The van der Waals surface area contributed by atoms with E-state index in [1.807, 2.05) is 5.48 Å². The van der Waals surface area contributed by atoms with Crippen LogP contribution in [0, 0.1) is 5.82 Å². The Kier molecular flexibility index (Phi) is 5.35. The number of halogens is 2. The number of benzene rings is 1. The Balaban J connectivity index is 1.78. The highest BCUT2D eigenvalue weighted by molar-refractivity contribution is 9.10. The Labute approximate surface area is 154 Å². The molecule has 1 aliphatic heterocycles. The molecular formula is C14H13BrFN5O3S. The summed E-state index contributed by atoms with van der Waals surface area (Å²) in [7, 11) is 0. The molecule has 8 nitrogen and oxygen atoms in total. The van der Waals surface area contributed by atoms with Crippen LogP contribution in [0.15, 0.2) is 37.3 Å². The summed E-state index contributed by atoms with van der Waals surface area (Å²) in [4.78, 5) is 17.1. The Bertz CT molecular complexity index is 825. The quantitative estimate of drug-likeness (QED) is 0.436. The first-order valence-corrected chi connectivity index (χ1v) is 8.84. The molecule has 0 aliphatic carbocycles. The number of carbonyl (C=O) groups is 1. The lowest BCUT2D eigenvalue weighted by Gasteiger charge is -2.37. The third kappa shape index (κ3) is 3.99. The second-order valence-corrected chi connectivity index (χ2v) is 7.40. The second kappa shape index (κ2) is 7.50. The van der Waals surface area contributed by atoms with Gasteiger partial charge in [-0.25, -0.2) is 14.0 Å². The van der Waals surface area contributed by atoms with Gasteiger partial charge in [-0.3, -0.25) is 15.5 Å². The summed E-state index contributed by atoms with van der Waals surface area (Å²) in [6, 6.07) is 4.16. The van der Waals surface area contributed by atoms with E-state index in [1.165, 1.54) is 36.9 Å². The Morgan fingerprint density at radius 1 is 1.52 bits per heavy atom. The third-order valence-electron chi connectivity index (χ3n) is 3.50. The van der Waals surface area contributed by atoms with E-state index in [4.69, 9.17) is 4.63 Å². The first kappa shape index (κ1) is 17.8. The maximum absolute atomic E-state index is 13.3. The van der Waals surface area contributed by atoms with Crippen molar-refractivity contribution < 1.29 is 19.0 Å². The van der Waals surface area contributed by atoms with E-state index in [0.29, 0.717) is 23.8 Å². The fourth-order valence-electron chi connectivity index (χ4n) is 2.14. The number of carbonyl (C=O) groups excluding carboxylic acids is 1. The number of amides is 1. The van der Waals surface area contributed by atoms with Gasteiger partial charge in [0, 0.05) is 25.3 Å². The number of hydrogen-bond acceptors (Lipinski definition) is 7. The molecule has 2 aromatic rings. The van der Waals surface area contributed by atoms with Crippen molar-refractivity contribution in [1.82, 2.24) is 20.7 Å². The summed E-state index contributed by atoms with van der Waals surface area (Å²) in [5, 5.41) is 17.6. The minimum absolute atomic E-state index is 0.0185. The van der Waals surface area contributed by atoms with E-state index in [-0.39, 0.29) is 27.2 Å². The fraction of sp³-hybridized carbons (Fsp3) is 0.286. The molecule has 0 bridgehead atoms. The van der Waals surface area contributed by atoms with Crippen molar-refractivity contribution in [1.29, 1.82) is 0 Å². The van der Waals surface area contributed by atoms with Gasteiger partial charge in [0.2, 0.25) is 5.91 Å². The molecule has 1 aromatic heterocycles. The van der Waals surface area contributed by atoms with E-state index < -0.39 is 5.82 Å². The summed E-state index contributed by atoms with van der Waals surface area (Å²) < 4.78 is 18.3. The molecule has 132 valence electrons. The molecule has 0 saturated carbocycles. The number of nitrogens with zero attached hydrogens (tertiary/aromatic N) is 4. The molecule has 1 saturated heterocycles. The molecule has 11 heteroatoms. The van der Waals surface area contributed by atoms with E-state index in [9.17, 15) is 14.4 Å². The van der Waals surface area contributed by atoms with E-state index in [0.717, 1.165) is 0 Å². The lowest BCUT2D eigenvalue weighted by Crippen LogP contribution is -2.51. The molecule has 1 amide bonds. The van der Waals surface area contributed by atoms with Gasteiger partial charge >= 0.3 is 0 Å². The minimum atomic E-state index is -0.420. The highest BCUT2D eigenvalue weighted by Crippen LogP contribution is 2.31. The van der Waals surface area contributed by atoms with Crippen molar-refractivity contribution in [2.75, 3.05) is 13.1 Å².